The zero-order valence-corrected chi connectivity index (χ0v) is 15.4. The molecule has 0 aromatic carbocycles. The van der Waals surface area contributed by atoms with Gasteiger partial charge in [0.1, 0.15) is 17.4 Å². The summed E-state index contributed by atoms with van der Waals surface area (Å²) in [7, 11) is 0. The maximum atomic E-state index is 12.3. The van der Waals surface area contributed by atoms with Crippen LogP contribution in [-0.2, 0) is 19.1 Å². The highest BCUT2D eigenvalue weighted by Gasteiger charge is 2.35. The molecule has 144 valence electrons. The Labute approximate surface area is 155 Å². The normalized spacial score (nSPS) is 23.4. The quantitative estimate of drug-likeness (QED) is 0.220. The molecule has 0 spiro atoms. The number of aliphatic hydroxyl groups excluding tert-OH is 1. The molecule has 1 N–H and O–H groups in total. The van der Waals surface area contributed by atoms with Crippen molar-refractivity contribution >= 4 is 11.8 Å². The molecule has 0 aromatic rings. The van der Waals surface area contributed by atoms with Crippen molar-refractivity contribution in [1.29, 1.82) is 5.26 Å². The van der Waals surface area contributed by atoms with E-state index in [2.05, 4.69) is 6.07 Å². The molecule has 0 bridgehead atoms. The molecule has 2 aliphatic rings. The fourth-order valence-corrected chi connectivity index (χ4v) is 3.55. The molecule has 0 aromatic heterocycles. The van der Waals surface area contributed by atoms with Gasteiger partial charge in [0.2, 0.25) is 0 Å². The van der Waals surface area contributed by atoms with Crippen LogP contribution >= 0.6 is 0 Å². The van der Waals surface area contributed by atoms with Crippen LogP contribution in [0.4, 0.5) is 0 Å². The van der Waals surface area contributed by atoms with E-state index in [1.807, 2.05) is 0 Å². The maximum absolute atomic E-state index is 12.3. The van der Waals surface area contributed by atoms with E-state index in [0.717, 1.165) is 44.9 Å². The summed E-state index contributed by atoms with van der Waals surface area (Å²) in [5.74, 6) is -0.854. The predicted molar refractivity (Wildman–Crippen MR) is 95.3 cm³/mol. The number of Topliss-reactive ketones (excluding diaryl/α,β-unsaturated/α-hetero) is 1. The minimum Gasteiger partial charge on any atom is -0.511 e. The van der Waals surface area contributed by atoms with Crippen molar-refractivity contribution in [3.63, 3.8) is 0 Å². The van der Waals surface area contributed by atoms with Gasteiger partial charge in [0, 0.05) is 32.5 Å². The van der Waals surface area contributed by atoms with Gasteiger partial charge in [-0.1, -0.05) is 19.3 Å². The molecule has 2 saturated heterocycles. The summed E-state index contributed by atoms with van der Waals surface area (Å²) in [5, 5.41) is 18.7. The Morgan fingerprint density at radius 1 is 1.12 bits per heavy atom. The van der Waals surface area contributed by atoms with Crippen molar-refractivity contribution in [3.8, 4) is 6.07 Å². The molecule has 0 amide bonds. The largest absolute Gasteiger partial charge is 0.511 e. The Kier molecular flexibility index (Phi) is 8.63. The van der Waals surface area contributed by atoms with Crippen LogP contribution in [0.25, 0.3) is 0 Å². The maximum Gasteiger partial charge on any atom is 0.345 e. The van der Waals surface area contributed by atoms with Gasteiger partial charge in [0.15, 0.2) is 5.78 Å². The molecule has 2 heterocycles. The van der Waals surface area contributed by atoms with E-state index >= 15 is 0 Å². The van der Waals surface area contributed by atoms with Crippen molar-refractivity contribution in [2.45, 2.75) is 76.7 Å². The Hall–Kier alpha value is -1.87. The number of nitriles is 1. The smallest absolute Gasteiger partial charge is 0.345 e. The lowest BCUT2D eigenvalue weighted by Crippen LogP contribution is -2.33. The molecule has 2 fully saturated rings. The van der Waals surface area contributed by atoms with Crippen molar-refractivity contribution < 1.29 is 24.2 Å². The van der Waals surface area contributed by atoms with Crippen LogP contribution in [0.3, 0.4) is 0 Å². The third-order valence-electron chi connectivity index (χ3n) is 5.10. The van der Waals surface area contributed by atoms with E-state index in [4.69, 9.17) is 14.7 Å². The van der Waals surface area contributed by atoms with Gasteiger partial charge in [0.05, 0.1) is 6.07 Å². The highest BCUT2D eigenvalue weighted by atomic mass is 16.5. The predicted octanol–water partition coefficient (Wildman–Crippen LogP) is 3.75. The molecular formula is C20H29NO5. The highest BCUT2D eigenvalue weighted by molar-refractivity contribution is 6.19. The number of carbonyl (C=O) groups excluding carboxylic acids is 2. The molecule has 6 nitrogen and oxygen atoms in total. The number of rotatable bonds is 9. The number of aliphatic hydroxyl groups is 1. The second-order valence-electron chi connectivity index (χ2n) is 7.20. The molecule has 0 radical (unpaired) electrons. The first-order valence-corrected chi connectivity index (χ1v) is 9.72. The average molecular weight is 363 g/mol. The number of hydrogen-bond donors (Lipinski definition) is 1. The minimum absolute atomic E-state index is 0.122. The molecule has 1 atom stereocenters. The molecule has 0 aliphatic carbocycles. The number of ether oxygens (including phenoxy) is 2. The second kappa shape index (κ2) is 11.0. The average Bonchev–Trinajstić information content (AvgIpc) is 2.61. The van der Waals surface area contributed by atoms with E-state index in [1.54, 1.807) is 0 Å². The Balaban J connectivity index is 1.75. The number of allylic oxidation sites excluding steroid dienone is 1. The highest BCUT2D eigenvalue weighted by Crippen LogP contribution is 2.27. The van der Waals surface area contributed by atoms with Crippen LogP contribution in [0.5, 0.6) is 0 Å². The minimum atomic E-state index is -0.676. The van der Waals surface area contributed by atoms with E-state index in [1.165, 1.54) is 0 Å². The fourth-order valence-electron chi connectivity index (χ4n) is 3.55. The summed E-state index contributed by atoms with van der Waals surface area (Å²) in [6, 6.07) is 2.13. The SMILES string of the molecule is N#CCCCCCCCC1CC(=O)C(=C(O)CC2CCOCC2)C(=O)O1. The second-order valence-corrected chi connectivity index (χ2v) is 7.20. The molecule has 2 rings (SSSR count). The molecule has 0 saturated carbocycles. The van der Waals surface area contributed by atoms with Gasteiger partial charge >= 0.3 is 5.97 Å². The van der Waals surface area contributed by atoms with Gasteiger partial charge in [-0.15, -0.1) is 0 Å². The number of nitrogens with zero attached hydrogens (tertiary/aromatic N) is 1. The van der Waals surface area contributed by atoms with Gasteiger partial charge in [-0.3, -0.25) is 4.79 Å². The van der Waals surface area contributed by atoms with Crippen LogP contribution in [0.1, 0.15) is 70.6 Å². The Morgan fingerprint density at radius 2 is 1.81 bits per heavy atom. The number of cyclic esters (lactones) is 1. The zero-order chi connectivity index (χ0) is 18.8. The standard InChI is InChI=1S/C20H29NO5/c21-10-6-4-2-1-3-5-7-16-14-18(23)19(20(24)26-16)17(22)13-15-8-11-25-12-9-15/h15-16,22H,1-9,11-14H2. The van der Waals surface area contributed by atoms with Crippen LogP contribution in [-0.4, -0.2) is 36.2 Å². The molecule has 6 heteroatoms. The van der Waals surface area contributed by atoms with Crippen molar-refractivity contribution in [3.05, 3.63) is 11.3 Å². The van der Waals surface area contributed by atoms with Gasteiger partial charge in [-0.25, -0.2) is 4.79 Å². The summed E-state index contributed by atoms with van der Waals surface area (Å²) in [6.45, 7) is 1.31. The summed E-state index contributed by atoms with van der Waals surface area (Å²) >= 11 is 0. The van der Waals surface area contributed by atoms with Crippen LogP contribution in [0.15, 0.2) is 11.3 Å². The molecule has 26 heavy (non-hydrogen) atoms. The number of carbonyl (C=O) groups is 2. The van der Waals surface area contributed by atoms with Crippen molar-refractivity contribution in [1.82, 2.24) is 0 Å². The Morgan fingerprint density at radius 3 is 2.50 bits per heavy atom. The lowest BCUT2D eigenvalue weighted by Gasteiger charge is -2.25. The van der Waals surface area contributed by atoms with Gasteiger partial charge in [-0.2, -0.15) is 5.26 Å². The third kappa shape index (κ3) is 6.45. The number of esters is 1. The Bertz CT molecular complexity index is 537. The fraction of sp³-hybridized carbons (Fsp3) is 0.750. The summed E-state index contributed by atoms with van der Waals surface area (Å²) < 4.78 is 10.7. The van der Waals surface area contributed by atoms with E-state index in [0.29, 0.717) is 32.5 Å². The molecule has 2 aliphatic heterocycles. The number of ketones is 1. The monoisotopic (exact) mass is 363 g/mol. The van der Waals surface area contributed by atoms with E-state index < -0.39 is 5.97 Å². The lowest BCUT2D eigenvalue weighted by molar-refractivity contribution is -0.151. The first-order valence-electron chi connectivity index (χ1n) is 9.72. The van der Waals surface area contributed by atoms with E-state index in [9.17, 15) is 14.7 Å². The molecular weight excluding hydrogens is 334 g/mol. The summed E-state index contributed by atoms with van der Waals surface area (Å²) in [5.41, 5.74) is -0.149. The first kappa shape index (κ1) is 20.4. The van der Waals surface area contributed by atoms with E-state index in [-0.39, 0.29) is 35.6 Å². The summed E-state index contributed by atoms with van der Waals surface area (Å²) in [4.78, 5) is 24.5. The molecule has 1 unspecified atom stereocenters. The third-order valence-corrected chi connectivity index (χ3v) is 5.10. The van der Waals surface area contributed by atoms with Crippen molar-refractivity contribution in [2.24, 2.45) is 5.92 Å². The van der Waals surface area contributed by atoms with Crippen molar-refractivity contribution in [2.75, 3.05) is 13.2 Å². The zero-order valence-electron chi connectivity index (χ0n) is 15.4. The van der Waals surface area contributed by atoms with Gasteiger partial charge in [-0.05, 0) is 38.0 Å². The number of hydrogen-bond acceptors (Lipinski definition) is 6. The van der Waals surface area contributed by atoms with Gasteiger partial charge < -0.3 is 14.6 Å². The van der Waals surface area contributed by atoms with Crippen LogP contribution < -0.4 is 0 Å². The van der Waals surface area contributed by atoms with Crippen LogP contribution in [0, 0.1) is 17.2 Å². The lowest BCUT2D eigenvalue weighted by atomic mass is 9.91. The van der Waals surface area contributed by atoms with Gasteiger partial charge in [0.25, 0.3) is 0 Å². The van der Waals surface area contributed by atoms with Crippen LogP contribution in [0.2, 0.25) is 0 Å². The number of unbranched alkanes of at least 4 members (excludes halogenated alkanes) is 5. The first-order chi connectivity index (χ1) is 12.6. The summed E-state index contributed by atoms with van der Waals surface area (Å²) in [6.07, 6.45) is 7.95. The topological polar surface area (TPSA) is 96.6 Å².